The normalized spacial score (nSPS) is 15.3. The molecule has 156 valence electrons. The first-order valence-electron chi connectivity index (χ1n) is 10.5. The number of nitrogens with zero attached hydrogens (tertiary/aromatic N) is 2. The maximum atomic E-state index is 12.6. The average Bonchev–Trinajstić information content (AvgIpc) is 3.06. The van der Waals surface area contributed by atoms with Gasteiger partial charge in [-0.25, -0.2) is 0 Å². The zero-order valence-electron chi connectivity index (χ0n) is 17.7. The number of hydrogen-bond donors (Lipinski definition) is 2. The lowest BCUT2D eigenvalue weighted by Gasteiger charge is -2.31. The number of carbonyl (C=O) groups excluding carboxylic acids is 2. The number of nitrogens with one attached hydrogen (secondary N) is 2. The smallest absolute Gasteiger partial charge is 0.251 e. The summed E-state index contributed by atoms with van der Waals surface area (Å²) in [6.07, 6.45) is 2.69. The molecule has 1 aliphatic heterocycles. The van der Waals surface area contributed by atoms with E-state index in [1.165, 1.54) is 11.4 Å². The average molecular weight is 397 g/mol. The van der Waals surface area contributed by atoms with Gasteiger partial charge in [0.1, 0.15) is 0 Å². The molecule has 1 aromatic heterocycles. The molecular weight excluding hydrogens is 364 g/mol. The van der Waals surface area contributed by atoms with Crippen LogP contribution in [-0.2, 0) is 4.79 Å². The zero-order chi connectivity index (χ0) is 20.8. The lowest BCUT2D eigenvalue weighted by atomic mass is 10.0. The van der Waals surface area contributed by atoms with Gasteiger partial charge in [0, 0.05) is 48.3 Å². The molecule has 2 heterocycles. The Morgan fingerprint density at radius 1 is 1.00 bits per heavy atom. The monoisotopic (exact) mass is 396 g/mol. The number of likely N-dealkylation sites (tertiary alicyclic amines) is 1. The van der Waals surface area contributed by atoms with Crippen LogP contribution in [0.4, 0.5) is 0 Å². The Bertz CT molecular complexity index is 814. The molecule has 2 aromatic rings. The Morgan fingerprint density at radius 3 is 2.21 bits per heavy atom. The van der Waals surface area contributed by atoms with Crippen LogP contribution in [0.15, 0.2) is 36.4 Å². The minimum absolute atomic E-state index is 0.0309. The predicted octanol–water partition coefficient (Wildman–Crippen LogP) is 2.81. The fourth-order valence-corrected chi connectivity index (χ4v) is 3.87. The van der Waals surface area contributed by atoms with Crippen LogP contribution < -0.4 is 10.6 Å². The SMILES string of the molecule is CCCNC(=O)CN1CCC(NC(=O)c2ccc(-n3c(C)ccc3C)cc2)CC1. The maximum absolute atomic E-state index is 12.6. The number of carbonyl (C=O) groups is 2. The molecule has 3 rings (SSSR count). The quantitative estimate of drug-likeness (QED) is 0.756. The number of benzene rings is 1. The molecule has 0 unspecified atom stereocenters. The van der Waals surface area contributed by atoms with E-state index in [4.69, 9.17) is 0 Å². The van der Waals surface area contributed by atoms with Crippen LogP contribution in [0.1, 0.15) is 47.9 Å². The summed E-state index contributed by atoms with van der Waals surface area (Å²) in [5.41, 5.74) is 4.10. The number of hydrogen-bond acceptors (Lipinski definition) is 3. The van der Waals surface area contributed by atoms with Gasteiger partial charge in [-0.2, -0.15) is 0 Å². The Morgan fingerprint density at radius 2 is 1.62 bits per heavy atom. The van der Waals surface area contributed by atoms with E-state index in [-0.39, 0.29) is 17.9 Å². The van der Waals surface area contributed by atoms with Crippen molar-refractivity contribution in [1.29, 1.82) is 0 Å². The molecule has 0 spiro atoms. The van der Waals surface area contributed by atoms with Gasteiger partial charge in [-0.15, -0.1) is 0 Å². The molecule has 1 aliphatic rings. The van der Waals surface area contributed by atoms with Gasteiger partial charge in [-0.3, -0.25) is 14.5 Å². The largest absolute Gasteiger partial charge is 0.355 e. The molecule has 6 nitrogen and oxygen atoms in total. The Balaban J connectivity index is 1.49. The van der Waals surface area contributed by atoms with Crippen LogP contribution >= 0.6 is 0 Å². The highest BCUT2D eigenvalue weighted by atomic mass is 16.2. The molecule has 0 bridgehead atoms. The fraction of sp³-hybridized carbons (Fsp3) is 0.478. The summed E-state index contributed by atoms with van der Waals surface area (Å²) in [5, 5.41) is 6.06. The lowest BCUT2D eigenvalue weighted by Crippen LogP contribution is -2.47. The van der Waals surface area contributed by atoms with E-state index in [0.717, 1.165) is 44.6 Å². The van der Waals surface area contributed by atoms with E-state index < -0.39 is 0 Å². The van der Waals surface area contributed by atoms with Crippen molar-refractivity contribution in [2.24, 2.45) is 0 Å². The van der Waals surface area contributed by atoms with E-state index in [2.05, 4.69) is 46.1 Å². The van der Waals surface area contributed by atoms with Crippen molar-refractivity contribution < 1.29 is 9.59 Å². The van der Waals surface area contributed by atoms with Gasteiger partial charge in [-0.1, -0.05) is 6.92 Å². The number of rotatable bonds is 7. The number of amides is 2. The highest BCUT2D eigenvalue weighted by molar-refractivity contribution is 5.94. The van der Waals surface area contributed by atoms with Crippen molar-refractivity contribution >= 4 is 11.8 Å². The van der Waals surface area contributed by atoms with Gasteiger partial charge in [0.05, 0.1) is 6.54 Å². The van der Waals surface area contributed by atoms with E-state index in [1.54, 1.807) is 0 Å². The first kappa shape index (κ1) is 21.1. The molecule has 2 N–H and O–H groups in total. The molecule has 1 saturated heterocycles. The summed E-state index contributed by atoms with van der Waals surface area (Å²) in [7, 11) is 0. The third-order valence-corrected chi connectivity index (χ3v) is 5.52. The zero-order valence-corrected chi connectivity index (χ0v) is 17.7. The van der Waals surface area contributed by atoms with Gasteiger partial charge in [-0.05, 0) is 69.5 Å². The molecular formula is C23H32N4O2. The van der Waals surface area contributed by atoms with Gasteiger partial charge in [0.25, 0.3) is 5.91 Å². The van der Waals surface area contributed by atoms with Crippen molar-refractivity contribution in [1.82, 2.24) is 20.1 Å². The molecule has 1 fully saturated rings. The van der Waals surface area contributed by atoms with Crippen LogP contribution in [0.25, 0.3) is 5.69 Å². The van der Waals surface area contributed by atoms with E-state index >= 15 is 0 Å². The second-order valence-corrected chi connectivity index (χ2v) is 7.87. The molecule has 6 heteroatoms. The second-order valence-electron chi connectivity index (χ2n) is 7.87. The van der Waals surface area contributed by atoms with Crippen LogP contribution in [0.3, 0.4) is 0 Å². The minimum Gasteiger partial charge on any atom is -0.355 e. The molecule has 0 atom stereocenters. The van der Waals surface area contributed by atoms with Crippen molar-refractivity contribution in [3.05, 3.63) is 53.3 Å². The number of aryl methyl sites for hydroxylation is 2. The van der Waals surface area contributed by atoms with E-state index in [9.17, 15) is 9.59 Å². The van der Waals surface area contributed by atoms with Gasteiger partial charge >= 0.3 is 0 Å². The number of piperidine rings is 1. The van der Waals surface area contributed by atoms with Crippen LogP contribution in [0, 0.1) is 13.8 Å². The molecule has 0 radical (unpaired) electrons. The summed E-state index contributed by atoms with van der Waals surface area (Å²) >= 11 is 0. The van der Waals surface area contributed by atoms with Crippen molar-refractivity contribution in [3.8, 4) is 5.69 Å². The fourth-order valence-electron chi connectivity index (χ4n) is 3.87. The molecule has 29 heavy (non-hydrogen) atoms. The maximum Gasteiger partial charge on any atom is 0.251 e. The minimum atomic E-state index is -0.0309. The summed E-state index contributed by atoms with van der Waals surface area (Å²) in [4.78, 5) is 26.6. The highest BCUT2D eigenvalue weighted by Gasteiger charge is 2.22. The third-order valence-electron chi connectivity index (χ3n) is 5.52. The topological polar surface area (TPSA) is 66.4 Å². The summed E-state index contributed by atoms with van der Waals surface area (Å²) in [6, 6.07) is 12.1. The summed E-state index contributed by atoms with van der Waals surface area (Å²) in [6.45, 7) is 9.03. The standard InChI is InChI=1S/C23H32N4O2/c1-4-13-24-22(28)16-26-14-11-20(12-15-26)25-23(29)19-7-9-21(10-8-19)27-17(2)5-6-18(27)3/h5-10,20H,4,11-16H2,1-3H3,(H,24,28)(H,25,29). The summed E-state index contributed by atoms with van der Waals surface area (Å²) < 4.78 is 2.17. The first-order chi connectivity index (χ1) is 14.0. The number of aromatic nitrogens is 1. The van der Waals surface area contributed by atoms with Crippen LogP contribution in [0.2, 0.25) is 0 Å². The Hall–Kier alpha value is -2.60. The van der Waals surface area contributed by atoms with Crippen molar-refractivity contribution in [3.63, 3.8) is 0 Å². The van der Waals surface area contributed by atoms with Gasteiger partial charge in [0.15, 0.2) is 0 Å². The second kappa shape index (κ2) is 9.74. The van der Waals surface area contributed by atoms with Crippen LogP contribution in [0.5, 0.6) is 0 Å². The van der Waals surface area contributed by atoms with Crippen molar-refractivity contribution in [2.75, 3.05) is 26.2 Å². The predicted molar refractivity (Wildman–Crippen MR) is 115 cm³/mol. The van der Waals surface area contributed by atoms with E-state index in [0.29, 0.717) is 12.1 Å². The van der Waals surface area contributed by atoms with Gasteiger partial charge in [0.2, 0.25) is 5.91 Å². The molecule has 0 saturated carbocycles. The Labute approximate surface area is 173 Å². The third kappa shape index (κ3) is 5.48. The van der Waals surface area contributed by atoms with Crippen LogP contribution in [-0.4, -0.2) is 53.5 Å². The van der Waals surface area contributed by atoms with Crippen molar-refractivity contribution in [2.45, 2.75) is 46.1 Å². The van der Waals surface area contributed by atoms with Gasteiger partial charge < -0.3 is 15.2 Å². The van der Waals surface area contributed by atoms with E-state index in [1.807, 2.05) is 31.2 Å². The lowest BCUT2D eigenvalue weighted by molar-refractivity contribution is -0.122. The summed E-state index contributed by atoms with van der Waals surface area (Å²) in [5.74, 6) is 0.0548. The highest BCUT2D eigenvalue weighted by Crippen LogP contribution is 2.17. The molecule has 2 amide bonds. The first-order valence-corrected chi connectivity index (χ1v) is 10.5. The molecule has 0 aliphatic carbocycles. The molecule has 1 aromatic carbocycles. The Kier molecular flexibility index (Phi) is 7.09.